The lowest BCUT2D eigenvalue weighted by molar-refractivity contribution is 0.176. The summed E-state index contributed by atoms with van der Waals surface area (Å²) in [5.41, 5.74) is 4.39. The van der Waals surface area contributed by atoms with Crippen LogP contribution in [0.5, 0.6) is 0 Å². The van der Waals surface area contributed by atoms with Gasteiger partial charge in [-0.05, 0) is 44.1 Å². The van der Waals surface area contributed by atoms with Crippen molar-refractivity contribution in [1.82, 2.24) is 24.8 Å². The van der Waals surface area contributed by atoms with Crippen molar-refractivity contribution < 1.29 is 0 Å². The molecule has 0 unspecified atom stereocenters. The molecule has 4 rings (SSSR count). The average molecular weight is 346 g/mol. The molecule has 0 fully saturated rings. The van der Waals surface area contributed by atoms with Gasteiger partial charge in [0.2, 0.25) is 5.95 Å². The Labute approximate surface area is 153 Å². The number of nitrogens with one attached hydrogen (secondary N) is 1. The van der Waals surface area contributed by atoms with Crippen LogP contribution in [0, 0.1) is 0 Å². The molecule has 1 N–H and O–H groups in total. The molecule has 6 heteroatoms. The Morgan fingerprint density at radius 1 is 0.962 bits per heavy atom. The van der Waals surface area contributed by atoms with Gasteiger partial charge < -0.3 is 10.2 Å². The Bertz CT molecular complexity index is 869. The first-order valence-corrected chi connectivity index (χ1v) is 8.74. The minimum atomic E-state index is 0.0234. The second-order valence-electron chi connectivity index (χ2n) is 6.95. The van der Waals surface area contributed by atoms with Gasteiger partial charge in [-0.2, -0.15) is 0 Å². The lowest BCUT2D eigenvalue weighted by Gasteiger charge is -2.36. The van der Waals surface area contributed by atoms with Crippen LogP contribution in [0.3, 0.4) is 0 Å². The van der Waals surface area contributed by atoms with E-state index in [1.165, 1.54) is 11.1 Å². The zero-order valence-electron chi connectivity index (χ0n) is 15.1. The molecular weight excluding hydrogens is 324 g/mol. The maximum absolute atomic E-state index is 4.60. The molecular formula is C20H22N6. The predicted octanol–water partition coefficient (Wildman–Crippen LogP) is 2.44. The molecule has 1 aliphatic rings. The topological polar surface area (TPSA) is 66.8 Å². The van der Waals surface area contributed by atoms with Crippen LogP contribution in [0.15, 0.2) is 55.1 Å². The van der Waals surface area contributed by atoms with E-state index in [2.05, 4.69) is 68.5 Å². The quantitative estimate of drug-likeness (QED) is 0.765. The highest BCUT2D eigenvalue weighted by atomic mass is 15.2. The van der Waals surface area contributed by atoms with Crippen LogP contribution in [-0.2, 0) is 12.8 Å². The lowest BCUT2D eigenvalue weighted by Crippen LogP contribution is -2.50. The SMILES string of the molecule is CN(C)C1(CNc2nccc(-c3cnccn3)n2)Cc2ccccc2C1. The molecule has 0 atom stereocenters. The number of rotatable bonds is 5. The van der Waals surface area contributed by atoms with Crippen LogP contribution in [0.25, 0.3) is 11.4 Å². The molecule has 2 aromatic heterocycles. The summed E-state index contributed by atoms with van der Waals surface area (Å²) in [5, 5.41) is 3.44. The van der Waals surface area contributed by atoms with Gasteiger partial charge >= 0.3 is 0 Å². The Balaban J connectivity index is 1.53. The van der Waals surface area contributed by atoms with Crippen molar-refractivity contribution >= 4 is 5.95 Å². The molecule has 1 aromatic carbocycles. The maximum atomic E-state index is 4.60. The van der Waals surface area contributed by atoms with Crippen molar-refractivity contribution in [2.24, 2.45) is 0 Å². The second kappa shape index (κ2) is 6.80. The van der Waals surface area contributed by atoms with E-state index in [1.807, 2.05) is 6.07 Å². The molecule has 0 saturated carbocycles. The van der Waals surface area contributed by atoms with E-state index in [0.717, 1.165) is 30.8 Å². The Hall–Kier alpha value is -2.86. The van der Waals surface area contributed by atoms with Gasteiger partial charge in [-0.25, -0.2) is 9.97 Å². The van der Waals surface area contributed by atoms with Crippen LogP contribution < -0.4 is 5.32 Å². The summed E-state index contributed by atoms with van der Waals surface area (Å²) in [4.78, 5) is 19.7. The minimum Gasteiger partial charge on any atom is -0.352 e. The molecule has 0 amide bonds. The molecule has 2 heterocycles. The normalized spacial score (nSPS) is 15.0. The number of likely N-dealkylation sites (N-methyl/N-ethyl adjacent to an activating group) is 1. The molecule has 132 valence electrons. The zero-order chi connectivity index (χ0) is 18.0. The van der Waals surface area contributed by atoms with Gasteiger partial charge in [-0.1, -0.05) is 24.3 Å². The highest BCUT2D eigenvalue weighted by Gasteiger charge is 2.39. The summed E-state index contributed by atoms with van der Waals surface area (Å²) in [5.74, 6) is 0.616. The summed E-state index contributed by atoms with van der Waals surface area (Å²) in [7, 11) is 4.29. The largest absolute Gasteiger partial charge is 0.352 e. The third kappa shape index (κ3) is 3.15. The molecule has 0 aliphatic heterocycles. The Kier molecular flexibility index (Phi) is 4.34. The second-order valence-corrected chi connectivity index (χ2v) is 6.95. The molecule has 0 radical (unpaired) electrons. The van der Waals surface area contributed by atoms with E-state index in [0.29, 0.717) is 5.95 Å². The van der Waals surface area contributed by atoms with Crippen LogP contribution in [0.4, 0.5) is 5.95 Å². The third-order valence-electron chi connectivity index (χ3n) is 5.16. The van der Waals surface area contributed by atoms with Gasteiger partial charge in [0.15, 0.2) is 0 Å². The zero-order valence-corrected chi connectivity index (χ0v) is 15.1. The predicted molar refractivity (Wildman–Crippen MR) is 102 cm³/mol. The number of fused-ring (bicyclic) bond motifs is 1. The van der Waals surface area contributed by atoms with E-state index in [4.69, 9.17) is 0 Å². The highest BCUT2D eigenvalue weighted by Crippen LogP contribution is 2.33. The summed E-state index contributed by atoms with van der Waals surface area (Å²) in [6, 6.07) is 10.5. The van der Waals surface area contributed by atoms with Crippen LogP contribution in [-0.4, -0.2) is 51.0 Å². The fourth-order valence-electron chi connectivity index (χ4n) is 3.53. The van der Waals surface area contributed by atoms with Crippen LogP contribution >= 0.6 is 0 Å². The van der Waals surface area contributed by atoms with Gasteiger partial charge in [0, 0.05) is 30.7 Å². The molecule has 0 bridgehead atoms. The maximum Gasteiger partial charge on any atom is 0.223 e. The first-order chi connectivity index (χ1) is 12.7. The molecule has 0 spiro atoms. The lowest BCUT2D eigenvalue weighted by atomic mass is 9.94. The van der Waals surface area contributed by atoms with Crippen molar-refractivity contribution in [1.29, 1.82) is 0 Å². The average Bonchev–Trinajstić information content (AvgIpc) is 3.07. The Morgan fingerprint density at radius 2 is 1.73 bits per heavy atom. The van der Waals surface area contributed by atoms with Gasteiger partial charge in [0.1, 0.15) is 5.69 Å². The van der Waals surface area contributed by atoms with Crippen molar-refractivity contribution in [3.63, 3.8) is 0 Å². The van der Waals surface area contributed by atoms with Gasteiger partial charge in [-0.15, -0.1) is 0 Å². The molecule has 3 aromatic rings. The summed E-state index contributed by atoms with van der Waals surface area (Å²) in [6.45, 7) is 0.776. The number of hydrogen-bond acceptors (Lipinski definition) is 6. The van der Waals surface area contributed by atoms with Crippen molar-refractivity contribution in [3.8, 4) is 11.4 Å². The van der Waals surface area contributed by atoms with Crippen molar-refractivity contribution in [3.05, 3.63) is 66.2 Å². The monoisotopic (exact) mass is 346 g/mol. The molecule has 1 aliphatic carbocycles. The first-order valence-electron chi connectivity index (χ1n) is 8.74. The van der Waals surface area contributed by atoms with E-state index < -0.39 is 0 Å². The fourth-order valence-corrected chi connectivity index (χ4v) is 3.53. The van der Waals surface area contributed by atoms with Crippen LogP contribution in [0.1, 0.15) is 11.1 Å². The molecule has 26 heavy (non-hydrogen) atoms. The van der Waals surface area contributed by atoms with Gasteiger partial charge in [0.05, 0.1) is 11.9 Å². The number of nitrogens with zero attached hydrogens (tertiary/aromatic N) is 5. The number of aromatic nitrogens is 4. The Morgan fingerprint density at radius 3 is 2.38 bits per heavy atom. The minimum absolute atomic E-state index is 0.0234. The number of benzene rings is 1. The van der Waals surface area contributed by atoms with E-state index in [1.54, 1.807) is 24.8 Å². The summed E-state index contributed by atoms with van der Waals surface area (Å²) >= 11 is 0. The first kappa shape index (κ1) is 16.6. The number of anilines is 1. The number of hydrogen-bond donors (Lipinski definition) is 1. The van der Waals surface area contributed by atoms with Crippen LogP contribution in [0.2, 0.25) is 0 Å². The van der Waals surface area contributed by atoms with Gasteiger partial charge in [-0.3, -0.25) is 9.97 Å². The van der Waals surface area contributed by atoms with E-state index in [9.17, 15) is 0 Å². The fraction of sp³-hybridized carbons (Fsp3) is 0.300. The molecule has 6 nitrogen and oxygen atoms in total. The van der Waals surface area contributed by atoms with E-state index in [-0.39, 0.29) is 5.54 Å². The van der Waals surface area contributed by atoms with Gasteiger partial charge in [0.25, 0.3) is 0 Å². The highest BCUT2D eigenvalue weighted by molar-refractivity contribution is 5.53. The van der Waals surface area contributed by atoms with Crippen molar-refractivity contribution in [2.45, 2.75) is 18.4 Å². The summed E-state index contributed by atoms with van der Waals surface area (Å²) < 4.78 is 0. The van der Waals surface area contributed by atoms with Crippen molar-refractivity contribution in [2.75, 3.05) is 26.0 Å². The summed E-state index contributed by atoms with van der Waals surface area (Å²) in [6.07, 6.45) is 8.83. The standard InChI is InChI=1S/C20H22N6/c1-26(2)20(11-15-5-3-4-6-16(15)12-20)14-24-19-23-8-7-17(25-19)18-13-21-9-10-22-18/h3-10,13H,11-12,14H2,1-2H3,(H,23,24,25). The van der Waals surface area contributed by atoms with E-state index >= 15 is 0 Å². The molecule has 0 saturated heterocycles. The smallest absolute Gasteiger partial charge is 0.223 e. The third-order valence-corrected chi connectivity index (χ3v) is 5.16.